The Hall–Kier alpha value is -2.82. The zero-order chi connectivity index (χ0) is 17.7. The van der Waals surface area contributed by atoms with Crippen LogP contribution >= 0.6 is 0 Å². The number of hydrogen-bond acceptors (Lipinski definition) is 5. The lowest BCUT2D eigenvalue weighted by atomic mass is 10.0. The van der Waals surface area contributed by atoms with Gasteiger partial charge in [0.2, 0.25) is 0 Å². The van der Waals surface area contributed by atoms with Crippen molar-refractivity contribution in [2.75, 3.05) is 20.8 Å². The lowest BCUT2D eigenvalue weighted by Gasteiger charge is -2.09. The van der Waals surface area contributed by atoms with Crippen LogP contribution in [-0.2, 0) is 4.74 Å². The van der Waals surface area contributed by atoms with Gasteiger partial charge in [-0.3, -0.25) is 4.79 Å². The highest BCUT2D eigenvalue weighted by Gasteiger charge is 2.14. The van der Waals surface area contributed by atoms with Crippen LogP contribution in [0.4, 0.5) is 0 Å². The van der Waals surface area contributed by atoms with E-state index in [0.717, 1.165) is 11.1 Å². The molecule has 0 saturated carbocycles. The van der Waals surface area contributed by atoms with Crippen LogP contribution in [0.2, 0.25) is 0 Å². The van der Waals surface area contributed by atoms with Gasteiger partial charge in [-0.2, -0.15) is 0 Å². The van der Waals surface area contributed by atoms with Gasteiger partial charge < -0.3 is 14.2 Å². The molecule has 2 aromatic rings. The van der Waals surface area contributed by atoms with Crippen molar-refractivity contribution in [3.63, 3.8) is 0 Å². The fraction of sp³-hybridized carbons (Fsp3) is 0.263. The number of Topliss-reactive ketones (excluding diaryl/α,β-unsaturated/α-hetero) is 1. The van der Waals surface area contributed by atoms with Crippen LogP contribution in [0.5, 0.6) is 11.5 Å². The second-order valence-electron chi connectivity index (χ2n) is 5.40. The van der Waals surface area contributed by atoms with Gasteiger partial charge in [0.1, 0.15) is 11.5 Å². The third-order valence-electron chi connectivity index (χ3n) is 3.75. The first-order chi connectivity index (χ1) is 11.4. The molecule has 0 spiro atoms. The highest BCUT2D eigenvalue weighted by Crippen LogP contribution is 2.23. The van der Waals surface area contributed by atoms with Gasteiger partial charge >= 0.3 is 5.97 Å². The van der Waals surface area contributed by atoms with Gasteiger partial charge in [0.25, 0.3) is 0 Å². The molecular weight excluding hydrogens is 308 g/mol. The summed E-state index contributed by atoms with van der Waals surface area (Å²) in [5, 5.41) is 0. The van der Waals surface area contributed by atoms with Crippen molar-refractivity contribution in [1.82, 2.24) is 0 Å². The predicted octanol–water partition coefficient (Wildman–Crippen LogP) is 3.36. The normalized spacial score (nSPS) is 10.2. The lowest BCUT2D eigenvalue weighted by molar-refractivity contribution is 0.0474. The molecule has 2 aromatic carbocycles. The lowest BCUT2D eigenvalue weighted by Crippen LogP contribution is -2.14. The molecule has 126 valence electrons. The number of methoxy groups -OCH3 is 2. The first-order valence-corrected chi connectivity index (χ1v) is 7.45. The van der Waals surface area contributed by atoms with Gasteiger partial charge in [-0.15, -0.1) is 0 Å². The Morgan fingerprint density at radius 2 is 1.46 bits per heavy atom. The molecule has 0 aromatic heterocycles. The molecule has 5 heteroatoms. The zero-order valence-corrected chi connectivity index (χ0v) is 14.2. The summed E-state index contributed by atoms with van der Waals surface area (Å²) in [5.74, 6) is 0.0919. The largest absolute Gasteiger partial charge is 0.497 e. The van der Waals surface area contributed by atoms with E-state index in [1.165, 1.54) is 26.4 Å². The van der Waals surface area contributed by atoms with E-state index in [-0.39, 0.29) is 18.0 Å². The molecule has 0 saturated heterocycles. The second-order valence-corrected chi connectivity index (χ2v) is 5.40. The minimum absolute atomic E-state index is 0.249. The molecule has 2 rings (SSSR count). The summed E-state index contributed by atoms with van der Waals surface area (Å²) in [6, 6.07) is 10.1. The number of carbonyl (C=O) groups is 2. The van der Waals surface area contributed by atoms with E-state index in [4.69, 9.17) is 14.2 Å². The second kappa shape index (κ2) is 7.64. The molecule has 0 bridgehead atoms. The molecule has 0 aliphatic carbocycles. The fourth-order valence-electron chi connectivity index (χ4n) is 2.14. The summed E-state index contributed by atoms with van der Waals surface area (Å²) in [6.07, 6.45) is 0. The number of ketones is 1. The SMILES string of the molecule is COc1cc(OC)cc(C(=O)OCC(=O)c2ccc(C)c(C)c2)c1. The van der Waals surface area contributed by atoms with Gasteiger partial charge in [-0.25, -0.2) is 4.79 Å². The van der Waals surface area contributed by atoms with Crippen LogP contribution in [-0.4, -0.2) is 32.6 Å². The molecule has 0 aliphatic heterocycles. The summed E-state index contributed by atoms with van der Waals surface area (Å²) in [6.45, 7) is 3.58. The van der Waals surface area contributed by atoms with Crippen molar-refractivity contribution in [2.45, 2.75) is 13.8 Å². The number of ether oxygens (including phenoxy) is 3. The van der Waals surface area contributed by atoms with Crippen LogP contribution < -0.4 is 9.47 Å². The topological polar surface area (TPSA) is 61.8 Å². The van der Waals surface area contributed by atoms with Crippen LogP contribution in [0.1, 0.15) is 31.8 Å². The number of carbonyl (C=O) groups excluding carboxylic acids is 2. The standard InChI is InChI=1S/C19H20O5/c1-12-5-6-14(7-13(12)2)18(20)11-24-19(21)15-8-16(22-3)10-17(9-15)23-4/h5-10H,11H2,1-4H3. The molecule has 0 aliphatic rings. The van der Waals surface area contributed by atoms with Crippen molar-refractivity contribution in [3.8, 4) is 11.5 Å². The smallest absolute Gasteiger partial charge is 0.338 e. The molecule has 24 heavy (non-hydrogen) atoms. The Morgan fingerprint density at radius 3 is 2.00 bits per heavy atom. The molecule has 0 fully saturated rings. The van der Waals surface area contributed by atoms with Gasteiger partial charge in [0.05, 0.1) is 19.8 Å². The van der Waals surface area contributed by atoms with E-state index in [1.54, 1.807) is 18.2 Å². The van der Waals surface area contributed by atoms with E-state index in [2.05, 4.69) is 0 Å². The predicted molar refractivity (Wildman–Crippen MR) is 90.1 cm³/mol. The van der Waals surface area contributed by atoms with Gasteiger partial charge in [-0.05, 0) is 43.2 Å². The molecule has 0 amide bonds. The molecule has 0 N–H and O–H groups in total. The van der Waals surface area contributed by atoms with E-state index < -0.39 is 5.97 Å². The minimum atomic E-state index is -0.607. The maximum atomic E-state index is 12.2. The number of hydrogen-bond donors (Lipinski definition) is 0. The Kier molecular flexibility index (Phi) is 5.58. The Bertz CT molecular complexity index is 742. The Morgan fingerprint density at radius 1 is 0.833 bits per heavy atom. The van der Waals surface area contributed by atoms with Crippen molar-refractivity contribution >= 4 is 11.8 Å². The highest BCUT2D eigenvalue weighted by atomic mass is 16.5. The average Bonchev–Trinajstić information content (AvgIpc) is 2.60. The summed E-state index contributed by atoms with van der Waals surface area (Å²) >= 11 is 0. The molecule has 0 heterocycles. The van der Waals surface area contributed by atoms with Crippen LogP contribution in [0, 0.1) is 13.8 Å². The van der Waals surface area contributed by atoms with Crippen molar-refractivity contribution in [1.29, 1.82) is 0 Å². The first kappa shape index (κ1) is 17.5. The number of aryl methyl sites for hydroxylation is 2. The molecule has 0 unspecified atom stereocenters. The third-order valence-corrected chi connectivity index (χ3v) is 3.75. The van der Waals surface area contributed by atoms with Crippen LogP contribution in [0.25, 0.3) is 0 Å². The zero-order valence-electron chi connectivity index (χ0n) is 14.2. The monoisotopic (exact) mass is 328 g/mol. The van der Waals surface area contributed by atoms with Crippen molar-refractivity contribution in [2.24, 2.45) is 0 Å². The summed E-state index contributed by atoms with van der Waals surface area (Å²) in [4.78, 5) is 24.3. The van der Waals surface area contributed by atoms with E-state index in [0.29, 0.717) is 17.1 Å². The van der Waals surface area contributed by atoms with Crippen LogP contribution in [0.3, 0.4) is 0 Å². The summed E-state index contributed by atoms with van der Waals surface area (Å²) in [5.41, 5.74) is 2.91. The summed E-state index contributed by atoms with van der Waals surface area (Å²) < 4.78 is 15.3. The van der Waals surface area contributed by atoms with Crippen molar-refractivity contribution in [3.05, 3.63) is 58.7 Å². The van der Waals surface area contributed by atoms with E-state index >= 15 is 0 Å². The maximum Gasteiger partial charge on any atom is 0.338 e. The number of rotatable bonds is 6. The third kappa shape index (κ3) is 4.13. The van der Waals surface area contributed by atoms with Crippen LogP contribution in [0.15, 0.2) is 36.4 Å². The molecule has 0 atom stereocenters. The molecule has 5 nitrogen and oxygen atoms in total. The average molecular weight is 328 g/mol. The molecular formula is C19H20O5. The summed E-state index contributed by atoms with van der Waals surface area (Å²) in [7, 11) is 2.99. The quantitative estimate of drug-likeness (QED) is 0.601. The molecule has 0 radical (unpaired) electrons. The Balaban J connectivity index is 2.07. The van der Waals surface area contributed by atoms with Gasteiger partial charge in [0, 0.05) is 11.6 Å². The highest BCUT2D eigenvalue weighted by molar-refractivity contribution is 5.99. The minimum Gasteiger partial charge on any atom is -0.497 e. The van der Waals surface area contributed by atoms with E-state index in [9.17, 15) is 9.59 Å². The van der Waals surface area contributed by atoms with Gasteiger partial charge in [-0.1, -0.05) is 12.1 Å². The number of benzene rings is 2. The van der Waals surface area contributed by atoms with Gasteiger partial charge in [0.15, 0.2) is 12.4 Å². The fourth-order valence-corrected chi connectivity index (χ4v) is 2.14. The van der Waals surface area contributed by atoms with Crippen molar-refractivity contribution < 1.29 is 23.8 Å². The van der Waals surface area contributed by atoms with E-state index in [1.807, 2.05) is 19.9 Å². The number of esters is 1. The maximum absolute atomic E-state index is 12.2. The first-order valence-electron chi connectivity index (χ1n) is 7.45. The Labute approximate surface area is 141 Å².